The van der Waals surface area contributed by atoms with Crippen LogP contribution in [0.4, 0.5) is 5.69 Å². The highest BCUT2D eigenvalue weighted by Gasteiger charge is 2.09. The van der Waals surface area contributed by atoms with Crippen LogP contribution in [0.3, 0.4) is 0 Å². The highest BCUT2D eigenvalue weighted by Crippen LogP contribution is 2.22. The number of rotatable bonds is 4. The van der Waals surface area contributed by atoms with E-state index in [-0.39, 0.29) is 6.04 Å². The smallest absolute Gasteiger partial charge is 0.120 e. The Kier molecular flexibility index (Phi) is 3.32. The summed E-state index contributed by atoms with van der Waals surface area (Å²) in [5.74, 6) is 0.854. The summed E-state index contributed by atoms with van der Waals surface area (Å²) >= 11 is 0. The average Bonchev–Trinajstić information content (AvgIpc) is 2.76. The maximum absolute atomic E-state index is 5.19. The lowest BCUT2D eigenvalue weighted by molar-refractivity contribution is 0.415. The van der Waals surface area contributed by atoms with Gasteiger partial charge in [-0.15, -0.1) is 0 Å². The molecule has 2 rings (SSSR count). The summed E-state index contributed by atoms with van der Waals surface area (Å²) in [6.07, 6.45) is 1.80. The lowest BCUT2D eigenvalue weighted by Gasteiger charge is -2.16. The summed E-state index contributed by atoms with van der Waals surface area (Å²) in [4.78, 5) is 0. The van der Waals surface area contributed by atoms with Crippen molar-refractivity contribution in [2.45, 2.75) is 13.0 Å². The van der Waals surface area contributed by atoms with Crippen LogP contribution in [0.25, 0.3) is 0 Å². The summed E-state index contributed by atoms with van der Waals surface area (Å²) in [5, 5.41) is 7.58. The highest BCUT2D eigenvalue weighted by molar-refractivity contribution is 5.49. The normalized spacial score (nSPS) is 12.2. The molecule has 1 aromatic heterocycles. The Labute approximate surface area is 101 Å². The third-order valence-corrected chi connectivity index (χ3v) is 2.76. The molecular formula is C13H17N3O. The molecule has 1 aromatic carbocycles. The number of anilines is 1. The first-order valence-corrected chi connectivity index (χ1v) is 5.59. The molecule has 0 aliphatic carbocycles. The largest absolute Gasteiger partial charge is 0.497 e. The zero-order chi connectivity index (χ0) is 12.3. The van der Waals surface area contributed by atoms with Gasteiger partial charge in [-0.25, -0.2) is 0 Å². The first-order chi connectivity index (χ1) is 8.20. The Balaban J connectivity index is 2.13. The summed E-state index contributed by atoms with van der Waals surface area (Å²) in [6, 6.07) is 10.1. The second-order valence-corrected chi connectivity index (χ2v) is 3.98. The molecule has 1 atom stereocenters. The van der Waals surface area contributed by atoms with Gasteiger partial charge in [0.1, 0.15) is 5.75 Å². The highest BCUT2D eigenvalue weighted by atomic mass is 16.5. The number of aromatic nitrogens is 2. The molecule has 4 nitrogen and oxygen atoms in total. The molecule has 0 aliphatic heterocycles. The van der Waals surface area contributed by atoms with Gasteiger partial charge in [0.05, 0.1) is 18.8 Å². The molecule has 17 heavy (non-hydrogen) atoms. The van der Waals surface area contributed by atoms with Crippen LogP contribution in [-0.2, 0) is 7.05 Å². The van der Waals surface area contributed by atoms with Crippen LogP contribution in [-0.4, -0.2) is 16.9 Å². The third kappa shape index (κ3) is 2.58. The van der Waals surface area contributed by atoms with E-state index in [0.29, 0.717) is 0 Å². The topological polar surface area (TPSA) is 39.1 Å². The number of methoxy groups -OCH3 is 1. The molecule has 0 bridgehead atoms. The standard InChI is InChI=1S/C13H17N3O/c1-10(13-7-8-14-16(13)2)15-11-5-4-6-12(9-11)17-3/h4-10,15H,1-3H3. The molecule has 1 unspecified atom stereocenters. The Morgan fingerprint density at radius 2 is 2.18 bits per heavy atom. The van der Waals surface area contributed by atoms with Crippen LogP contribution in [0.2, 0.25) is 0 Å². The maximum atomic E-state index is 5.19. The van der Waals surface area contributed by atoms with Gasteiger partial charge in [0.2, 0.25) is 0 Å². The van der Waals surface area contributed by atoms with Crippen molar-refractivity contribution in [1.29, 1.82) is 0 Å². The van der Waals surface area contributed by atoms with E-state index >= 15 is 0 Å². The van der Waals surface area contributed by atoms with Gasteiger partial charge in [-0.2, -0.15) is 5.10 Å². The van der Waals surface area contributed by atoms with E-state index in [1.54, 1.807) is 13.3 Å². The van der Waals surface area contributed by atoms with Gasteiger partial charge < -0.3 is 10.1 Å². The molecule has 0 saturated heterocycles. The molecule has 0 aliphatic rings. The molecule has 90 valence electrons. The van der Waals surface area contributed by atoms with E-state index in [9.17, 15) is 0 Å². The minimum absolute atomic E-state index is 0.203. The second kappa shape index (κ2) is 4.91. The fourth-order valence-corrected chi connectivity index (χ4v) is 1.85. The maximum Gasteiger partial charge on any atom is 0.120 e. The molecule has 0 radical (unpaired) electrons. The predicted octanol–water partition coefficient (Wildman–Crippen LogP) is 2.60. The molecule has 2 aromatic rings. The minimum Gasteiger partial charge on any atom is -0.497 e. The van der Waals surface area contributed by atoms with E-state index in [2.05, 4.69) is 17.3 Å². The number of aryl methyl sites for hydroxylation is 1. The monoisotopic (exact) mass is 231 g/mol. The first kappa shape index (κ1) is 11.5. The third-order valence-electron chi connectivity index (χ3n) is 2.76. The Hall–Kier alpha value is -1.97. The van der Waals surface area contributed by atoms with Crippen molar-refractivity contribution in [3.63, 3.8) is 0 Å². The molecule has 1 N–H and O–H groups in total. The number of ether oxygens (including phenoxy) is 1. The number of benzene rings is 1. The molecule has 1 heterocycles. The van der Waals surface area contributed by atoms with Crippen LogP contribution < -0.4 is 10.1 Å². The van der Waals surface area contributed by atoms with E-state index in [1.807, 2.05) is 42.1 Å². The summed E-state index contributed by atoms with van der Waals surface area (Å²) in [5.41, 5.74) is 2.19. The van der Waals surface area contributed by atoms with Crippen molar-refractivity contribution in [2.75, 3.05) is 12.4 Å². The average molecular weight is 231 g/mol. The molecule has 4 heteroatoms. The lowest BCUT2D eigenvalue weighted by atomic mass is 10.2. The number of nitrogens with zero attached hydrogens (tertiary/aromatic N) is 2. The van der Waals surface area contributed by atoms with Gasteiger partial charge >= 0.3 is 0 Å². The van der Waals surface area contributed by atoms with Gasteiger partial charge in [-0.3, -0.25) is 4.68 Å². The number of hydrogen-bond acceptors (Lipinski definition) is 3. The van der Waals surface area contributed by atoms with Gasteiger partial charge in [0.25, 0.3) is 0 Å². The Morgan fingerprint density at radius 1 is 1.35 bits per heavy atom. The van der Waals surface area contributed by atoms with Gasteiger partial charge in [-0.05, 0) is 25.1 Å². The molecule has 0 spiro atoms. The zero-order valence-corrected chi connectivity index (χ0v) is 10.3. The van der Waals surface area contributed by atoms with E-state index in [0.717, 1.165) is 17.1 Å². The minimum atomic E-state index is 0.203. The van der Waals surface area contributed by atoms with Crippen molar-refractivity contribution in [1.82, 2.24) is 9.78 Å². The lowest BCUT2D eigenvalue weighted by Crippen LogP contribution is -2.11. The quantitative estimate of drug-likeness (QED) is 0.879. The molecule has 0 fully saturated rings. The van der Waals surface area contributed by atoms with E-state index in [1.165, 1.54) is 0 Å². The fraction of sp³-hybridized carbons (Fsp3) is 0.308. The SMILES string of the molecule is COc1cccc(NC(C)c2ccnn2C)c1. The second-order valence-electron chi connectivity index (χ2n) is 3.98. The van der Waals surface area contributed by atoms with Crippen molar-refractivity contribution in [3.8, 4) is 5.75 Å². The number of nitrogens with one attached hydrogen (secondary N) is 1. The van der Waals surface area contributed by atoms with Crippen LogP contribution in [0.5, 0.6) is 5.75 Å². The van der Waals surface area contributed by atoms with Crippen molar-refractivity contribution < 1.29 is 4.74 Å². The Morgan fingerprint density at radius 3 is 2.82 bits per heavy atom. The summed E-state index contributed by atoms with van der Waals surface area (Å²) in [6.45, 7) is 2.11. The first-order valence-electron chi connectivity index (χ1n) is 5.59. The van der Waals surface area contributed by atoms with Gasteiger partial charge in [0, 0.05) is 25.0 Å². The fourth-order valence-electron chi connectivity index (χ4n) is 1.85. The molecule has 0 amide bonds. The van der Waals surface area contributed by atoms with Crippen molar-refractivity contribution >= 4 is 5.69 Å². The predicted molar refractivity (Wildman–Crippen MR) is 68.2 cm³/mol. The van der Waals surface area contributed by atoms with Crippen LogP contribution in [0.1, 0.15) is 18.7 Å². The molecular weight excluding hydrogens is 214 g/mol. The zero-order valence-electron chi connectivity index (χ0n) is 10.3. The summed E-state index contributed by atoms with van der Waals surface area (Å²) < 4.78 is 7.07. The Bertz CT molecular complexity index is 493. The molecule has 0 saturated carbocycles. The van der Waals surface area contributed by atoms with Crippen LogP contribution in [0.15, 0.2) is 36.5 Å². The van der Waals surface area contributed by atoms with Crippen LogP contribution >= 0.6 is 0 Å². The van der Waals surface area contributed by atoms with Gasteiger partial charge in [-0.1, -0.05) is 6.07 Å². The van der Waals surface area contributed by atoms with Gasteiger partial charge in [0.15, 0.2) is 0 Å². The number of hydrogen-bond donors (Lipinski definition) is 1. The summed E-state index contributed by atoms with van der Waals surface area (Å²) in [7, 11) is 3.61. The van der Waals surface area contributed by atoms with Crippen molar-refractivity contribution in [3.05, 3.63) is 42.2 Å². The van der Waals surface area contributed by atoms with Crippen molar-refractivity contribution in [2.24, 2.45) is 7.05 Å². The van der Waals surface area contributed by atoms with Crippen LogP contribution in [0, 0.1) is 0 Å². The van der Waals surface area contributed by atoms with E-state index in [4.69, 9.17) is 4.74 Å². The van der Waals surface area contributed by atoms with E-state index < -0.39 is 0 Å².